The van der Waals surface area contributed by atoms with Crippen LogP contribution in [0.4, 0.5) is 0 Å². The van der Waals surface area contributed by atoms with Gasteiger partial charge in [-0.2, -0.15) is 0 Å². The summed E-state index contributed by atoms with van der Waals surface area (Å²) < 4.78 is 0. The summed E-state index contributed by atoms with van der Waals surface area (Å²) in [6, 6.07) is 1.78. The van der Waals surface area contributed by atoms with Crippen LogP contribution in [0.5, 0.6) is 0 Å². The van der Waals surface area contributed by atoms with Gasteiger partial charge < -0.3 is 0 Å². The van der Waals surface area contributed by atoms with Crippen molar-refractivity contribution in [2.45, 2.75) is 44.6 Å². The molecule has 0 radical (unpaired) electrons. The van der Waals surface area contributed by atoms with Crippen LogP contribution in [0.1, 0.15) is 44.6 Å². The lowest BCUT2D eigenvalue weighted by Gasteiger charge is -1.70. The molecule has 1 aromatic rings. The minimum absolute atomic E-state index is 0. The zero-order valence-electron chi connectivity index (χ0n) is 3.20. The first kappa shape index (κ1) is 43.6. The highest BCUT2D eigenvalue weighted by molar-refractivity contribution is 4.74. The summed E-state index contributed by atoms with van der Waals surface area (Å²) in [4.78, 5) is 7.35. The number of rotatable bonds is 0. The van der Waals surface area contributed by atoms with Crippen molar-refractivity contribution in [3.05, 3.63) is 24.8 Å². The van der Waals surface area contributed by atoms with E-state index in [1.807, 2.05) is 0 Å². The standard InChI is InChI=1S/C4H4N2.6CH4/c1-2-5-4-6-3-1;;;;;;/h1-4H;6*1H4. The molecule has 0 fully saturated rings. The topological polar surface area (TPSA) is 25.8 Å². The highest BCUT2D eigenvalue weighted by atomic mass is 14.8. The van der Waals surface area contributed by atoms with E-state index in [0.29, 0.717) is 0 Å². The van der Waals surface area contributed by atoms with E-state index in [9.17, 15) is 0 Å². The Morgan fingerprint density at radius 3 is 1.00 bits per heavy atom. The monoisotopic (exact) mass is 176 g/mol. The lowest BCUT2D eigenvalue weighted by Crippen LogP contribution is -1.66. The van der Waals surface area contributed by atoms with Gasteiger partial charge in [-0.25, -0.2) is 9.97 Å². The molecular formula is C10H28N2. The predicted molar refractivity (Wildman–Crippen MR) is 62.4 cm³/mol. The molecule has 0 aliphatic heterocycles. The Hall–Kier alpha value is -0.920. The quantitative estimate of drug-likeness (QED) is 0.589. The van der Waals surface area contributed by atoms with Crippen LogP contribution in [0.2, 0.25) is 0 Å². The molecule has 0 bridgehead atoms. The van der Waals surface area contributed by atoms with Crippen LogP contribution in [-0.4, -0.2) is 9.97 Å². The molecule has 0 aliphatic rings. The van der Waals surface area contributed by atoms with E-state index in [4.69, 9.17) is 0 Å². The second-order valence-electron chi connectivity index (χ2n) is 0.904. The van der Waals surface area contributed by atoms with Crippen molar-refractivity contribution in [3.8, 4) is 0 Å². The largest absolute Gasteiger partial charge is 0.245 e. The Morgan fingerprint density at radius 2 is 0.917 bits per heavy atom. The summed E-state index contributed by atoms with van der Waals surface area (Å²) in [6.45, 7) is 0. The van der Waals surface area contributed by atoms with Crippen molar-refractivity contribution < 1.29 is 0 Å². The molecule has 0 spiro atoms. The molecule has 78 valence electrons. The van der Waals surface area contributed by atoms with Crippen molar-refractivity contribution in [2.24, 2.45) is 0 Å². The van der Waals surface area contributed by atoms with Gasteiger partial charge in [0.2, 0.25) is 0 Å². The van der Waals surface area contributed by atoms with Crippen LogP contribution in [0, 0.1) is 0 Å². The zero-order valence-corrected chi connectivity index (χ0v) is 3.20. The van der Waals surface area contributed by atoms with Gasteiger partial charge in [-0.1, -0.05) is 44.6 Å². The average molecular weight is 176 g/mol. The Morgan fingerprint density at radius 1 is 0.583 bits per heavy atom. The van der Waals surface area contributed by atoms with Crippen LogP contribution < -0.4 is 0 Å². The SMILES string of the molecule is C.C.C.C.C.C.c1cncnc1. The third kappa shape index (κ3) is 23.0. The van der Waals surface area contributed by atoms with Gasteiger partial charge in [0, 0.05) is 12.4 Å². The van der Waals surface area contributed by atoms with Gasteiger partial charge in [0.05, 0.1) is 0 Å². The predicted octanol–water partition coefficient (Wildman–Crippen LogP) is 4.29. The van der Waals surface area contributed by atoms with Gasteiger partial charge in [0.15, 0.2) is 0 Å². The van der Waals surface area contributed by atoms with Crippen LogP contribution in [0.3, 0.4) is 0 Å². The molecular weight excluding hydrogens is 148 g/mol. The van der Waals surface area contributed by atoms with Crippen molar-refractivity contribution in [1.82, 2.24) is 9.97 Å². The summed E-state index contributed by atoms with van der Waals surface area (Å²) in [5.41, 5.74) is 0. The fourth-order valence-corrected chi connectivity index (χ4v) is 0.253. The highest BCUT2D eigenvalue weighted by Gasteiger charge is 1.59. The Labute approximate surface area is 80.1 Å². The molecule has 0 aliphatic carbocycles. The average Bonchev–Trinajstić information content (AvgIpc) is 1.72. The molecule has 0 amide bonds. The third-order valence-corrected chi connectivity index (χ3v) is 0.478. The number of aromatic nitrogens is 2. The first-order chi connectivity index (χ1) is 3.00. The Kier molecular flexibility index (Phi) is 117. The smallest absolute Gasteiger partial charge is 0.115 e. The van der Waals surface area contributed by atoms with E-state index in [1.165, 1.54) is 6.33 Å². The maximum Gasteiger partial charge on any atom is 0.115 e. The van der Waals surface area contributed by atoms with E-state index in [0.717, 1.165) is 0 Å². The fraction of sp³-hybridized carbons (Fsp3) is 0.600. The summed E-state index contributed by atoms with van der Waals surface area (Å²) in [6.07, 6.45) is 4.88. The van der Waals surface area contributed by atoms with Gasteiger partial charge in [-0.15, -0.1) is 0 Å². The molecule has 2 nitrogen and oxygen atoms in total. The minimum atomic E-state index is 0. The minimum Gasteiger partial charge on any atom is -0.245 e. The second kappa shape index (κ2) is 32.2. The van der Waals surface area contributed by atoms with Crippen LogP contribution in [0.15, 0.2) is 24.8 Å². The molecule has 12 heavy (non-hydrogen) atoms. The summed E-state index contributed by atoms with van der Waals surface area (Å²) in [7, 11) is 0. The molecule has 1 rings (SSSR count). The van der Waals surface area contributed by atoms with Crippen molar-refractivity contribution >= 4 is 0 Å². The first-order valence-electron chi connectivity index (χ1n) is 1.70. The van der Waals surface area contributed by atoms with E-state index in [-0.39, 0.29) is 44.6 Å². The third-order valence-electron chi connectivity index (χ3n) is 0.478. The van der Waals surface area contributed by atoms with E-state index in [1.54, 1.807) is 18.5 Å². The zero-order chi connectivity index (χ0) is 4.24. The lowest BCUT2D eigenvalue weighted by atomic mass is 10.7. The van der Waals surface area contributed by atoms with Gasteiger partial charge >= 0.3 is 0 Å². The molecule has 2 heteroatoms. The Balaban J connectivity index is -0.0000000150. The molecule has 0 saturated heterocycles. The maximum atomic E-state index is 3.67. The fourth-order valence-electron chi connectivity index (χ4n) is 0.253. The number of nitrogens with zero attached hydrogens (tertiary/aromatic N) is 2. The van der Waals surface area contributed by atoms with Crippen molar-refractivity contribution in [1.29, 1.82) is 0 Å². The first-order valence-corrected chi connectivity index (χ1v) is 1.70. The molecule has 0 aromatic carbocycles. The lowest BCUT2D eigenvalue weighted by molar-refractivity contribution is 1.17. The van der Waals surface area contributed by atoms with Crippen LogP contribution in [0.25, 0.3) is 0 Å². The molecule has 0 saturated carbocycles. The van der Waals surface area contributed by atoms with Gasteiger partial charge in [0.1, 0.15) is 6.33 Å². The Bertz CT molecular complexity index is 79.8. The number of hydrogen-bond acceptors (Lipinski definition) is 2. The summed E-state index contributed by atoms with van der Waals surface area (Å²) in [5, 5.41) is 0. The van der Waals surface area contributed by atoms with Crippen molar-refractivity contribution in [2.75, 3.05) is 0 Å². The normalized spacial score (nSPS) is 4.00. The van der Waals surface area contributed by atoms with Gasteiger partial charge in [-0.3, -0.25) is 0 Å². The molecule has 1 aromatic heterocycles. The summed E-state index contributed by atoms with van der Waals surface area (Å²) >= 11 is 0. The molecule has 0 atom stereocenters. The maximum absolute atomic E-state index is 3.67. The molecule has 0 N–H and O–H groups in total. The second-order valence-corrected chi connectivity index (χ2v) is 0.904. The van der Waals surface area contributed by atoms with Gasteiger partial charge in [0.25, 0.3) is 0 Å². The number of hydrogen-bond donors (Lipinski definition) is 0. The van der Waals surface area contributed by atoms with E-state index >= 15 is 0 Å². The van der Waals surface area contributed by atoms with Crippen LogP contribution in [-0.2, 0) is 0 Å². The van der Waals surface area contributed by atoms with Gasteiger partial charge in [-0.05, 0) is 6.07 Å². The summed E-state index contributed by atoms with van der Waals surface area (Å²) in [5.74, 6) is 0. The molecule has 0 unspecified atom stereocenters. The van der Waals surface area contributed by atoms with Crippen LogP contribution >= 0.6 is 0 Å². The van der Waals surface area contributed by atoms with E-state index < -0.39 is 0 Å². The van der Waals surface area contributed by atoms with Crippen molar-refractivity contribution in [3.63, 3.8) is 0 Å². The molecule has 1 heterocycles. The van der Waals surface area contributed by atoms with E-state index in [2.05, 4.69) is 9.97 Å². The highest BCUT2D eigenvalue weighted by Crippen LogP contribution is 1.66.